The van der Waals surface area contributed by atoms with Crippen molar-refractivity contribution in [3.8, 4) is 11.8 Å². The summed E-state index contributed by atoms with van der Waals surface area (Å²) in [5, 5.41) is 8.58. The van der Waals surface area contributed by atoms with E-state index in [0.29, 0.717) is 24.2 Å². The van der Waals surface area contributed by atoms with Crippen LogP contribution in [0.5, 0.6) is 0 Å². The Morgan fingerprint density at radius 3 is 1.88 bits per heavy atom. The molecule has 4 rings (SSSR count). The van der Waals surface area contributed by atoms with Crippen LogP contribution in [0, 0.1) is 11.8 Å². The highest BCUT2D eigenvalue weighted by molar-refractivity contribution is 8.09. The van der Waals surface area contributed by atoms with Crippen molar-refractivity contribution in [3.05, 3.63) is 118 Å². The van der Waals surface area contributed by atoms with E-state index < -0.39 is 46.9 Å². The molecular weight excluding hydrogens is 748 g/mol. The van der Waals surface area contributed by atoms with Crippen LogP contribution in [-0.4, -0.2) is 53.5 Å². The van der Waals surface area contributed by atoms with Gasteiger partial charge in [0.2, 0.25) is 4.58 Å². The first-order valence-corrected chi connectivity index (χ1v) is 18.2. The molecular formula is C33H32ClF6N3O6S2. The quantitative estimate of drug-likeness (QED) is 0.142. The predicted octanol–water partition coefficient (Wildman–Crippen LogP) is 7.71. The Balaban J connectivity index is 0.000000344. The number of carbonyl (C=O) groups is 1. The largest absolute Gasteiger partial charge is 0.499 e. The molecule has 0 unspecified atom stereocenters. The molecule has 2 aromatic carbocycles. The Morgan fingerprint density at radius 1 is 0.882 bits per heavy atom. The SMILES string of the molecule is CC.CC(C)c1cc(C#Cc2ccc(CC(=O)O)cc2)ccc1Cn1ccnc1.O=S(=O)(C(c1ccc(Cl)cn1)S(=O)(=O)C(F)(F)F)C(F)(F)F. The maximum Gasteiger partial charge on any atom is 0.499 e. The highest BCUT2D eigenvalue weighted by Gasteiger charge is 2.64. The van der Waals surface area contributed by atoms with Crippen LogP contribution in [0.3, 0.4) is 0 Å². The Labute approximate surface area is 296 Å². The Kier molecular flexibility index (Phi) is 14.8. The third-order valence-electron chi connectivity index (χ3n) is 6.54. The molecule has 51 heavy (non-hydrogen) atoms. The van der Waals surface area contributed by atoms with Gasteiger partial charge >= 0.3 is 17.0 Å². The van der Waals surface area contributed by atoms with Gasteiger partial charge in [-0.25, -0.2) is 21.8 Å². The van der Waals surface area contributed by atoms with E-state index in [1.807, 2.05) is 56.7 Å². The second kappa shape index (κ2) is 17.7. The summed E-state index contributed by atoms with van der Waals surface area (Å²) in [5.74, 6) is 5.95. The minimum absolute atomic E-state index is 0.0316. The van der Waals surface area contributed by atoms with Crippen LogP contribution in [0.15, 0.2) is 79.5 Å². The van der Waals surface area contributed by atoms with Gasteiger partial charge in [-0.2, -0.15) is 26.3 Å². The van der Waals surface area contributed by atoms with Gasteiger partial charge in [0.25, 0.3) is 19.7 Å². The monoisotopic (exact) mass is 779 g/mol. The highest BCUT2D eigenvalue weighted by Crippen LogP contribution is 2.44. The molecule has 9 nitrogen and oxygen atoms in total. The van der Waals surface area contributed by atoms with Crippen molar-refractivity contribution < 1.29 is 53.1 Å². The molecule has 0 aliphatic heterocycles. The lowest BCUT2D eigenvalue weighted by Gasteiger charge is -2.20. The van der Waals surface area contributed by atoms with Crippen LogP contribution in [0.25, 0.3) is 0 Å². The number of carboxylic acid groups (broad SMARTS) is 1. The van der Waals surface area contributed by atoms with E-state index in [1.54, 1.807) is 6.20 Å². The Bertz CT molecular complexity index is 2000. The maximum absolute atomic E-state index is 12.5. The van der Waals surface area contributed by atoms with Gasteiger partial charge < -0.3 is 9.67 Å². The van der Waals surface area contributed by atoms with Crippen LogP contribution < -0.4 is 0 Å². The molecule has 0 fully saturated rings. The number of pyridine rings is 1. The zero-order chi connectivity index (χ0) is 38.8. The van der Waals surface area contributed by atoms with Crippen molar-refractivity contribution in [2.24, 2.45) is 0 Å². The standard InChI is InChI=1S/C23H22N2O2.C8H4ClF6NO4S2.C2H6/c1-17(2)22-13-19(9-10-21(22)15-25-12-11-24-16-25)6-3-18-4-7-20(8-5-18)14-23(26)27;9-4-1-2-5(16-3-4)6(21(17,18)7(10,11)12)22(19,20)8(13,14)15;1-2/h4-5,7-13,16-17H,14-15H2,1-2H3,(H,26,27);1-3,6H;1-2H3. The molecule has 4 aromatic rings. The van der Waals surface area contributed by atoms with E-state index in [-0.39, 0.29) is 11.4 Å². The number of benzene rings is 2. The van der Waals surface area contributed by atoms with Gasteiger partial charge in [0.05, 0.1) is 23.5 Å². The van der Waals surface area contributed by atoms with Crippen molar-refractivity contribution in [3.63, 3.8) is 0 Å². The lowest BCUT2D eigenvalue weighted by atomic mass is 9.95. The first kappa shape index (κ1) is 42.8. The van der Waals surface area contributed by atoms with Crippen LogP contribution >= 0.6 is 11.6 Å². The fraction of sp³-hybridized carbons (Fsp3) is 0.303. The molecule has 1 N–H and O–H groups in total. The van der Waals surface area contributed by atoms with Gasteiger partial charge in [-0.05, 0) is 59.0 Å². The fourth-order valence-corrected chi connectivity index (χ4v) is 7.71. The Morgan fingerprint density at radius 2 is 1.43 bits per heavy atom. The van der Waals surface area contributed by atoms with E-state index in [4.69, 9.17) is 16.7 Å². The third kappa shape index (κ3) is 11.6. The summed E-state index contributed by atoms with van der Waals surface area (Å²) in [6.45, 7) is 9.17. The summed E-state index contributed by atoms with van der Waals surface area (Å²) < 4.78 is 118. The maximum atomic E-state index is 12.5. The van der Waals surface area contributed by atoms with E-state index in [0.717, 1.165) is 23.2 Å². The first-order valence-electron chi connectivity index (χ1n) is 14.8. The smallest absolute Gasteiger partial charge is 0.481 e. The van der Waals surface area contributed by atoms with Crippen LogP contribution in [0.1, 0.15) is 71.7 Å². The van der Waals surface area contributed by atoms with Crippen LogP contribution in [0.4, 0.5) is 26.3 Å². The lowest BCUT2D eigenvalue weighted by molar-refractivity contribution is -0.136. The summed E-state index contributed by atoms with van der Waals surface area (Å²) in [7, 11) is -13.5. The summed E-state index contributed by atoms with van der Waals surface area (Å²) in [4.78, 5) is 17.8. The molecule has 0 amide bonds. The molecule has 18 heteroatoms. The molecule has 0 aliphatic carbocycles. The first-order chi connectivity index (χ1) is 23.6. The van der Waals surface area contributed by atoms with E-state index in [2.05, 4.69) is 52.4 Å². The van der Waals surface area contributed by atoms with Gasteiger partial charge in [0.1, 0.15) is 0 Å². The van der Waals surface area contributed by atoms with E-state index in [1.165, 1.54) is 11.1 Å². The lowest BCUT2D eigenvalue weighted by Crippen LogP contribution is -2.39. The molecule has 2 aromatic heterocycles. The molecule has 0 radical (unpaired) electrons. The van der Waals surface area contributed by atoms with Crippen molar-refractivity contribution in [2.45, 2.75) is 62.2 Å². The number of aromatic nitrogens is 3. The molecule has 0 bridgehead atoms. The molecule has 0 spiro atoms. The number of nitrogens with zero attached hydrogens (tertiary/aromatic N) is 3. The number of imidazole rings is 1. The van der Waals surface area contributed by atoms with E-state index in [9.17, 15) is 48.0 Å². The molecule has 0 saturated heterocycles. The summed E-state index contributed by atoms with van der Waals surface area (Å²) in [6, 6.07) is 14.7. The third-order valence-corrected chi connectivity index (χ3v) is 11.2. The van der Waals surface area contributed by atoms with Crippen molar-refractivity contribution in [2.75, 3.05) is 0 Å². The zero-order valence-corrected chi connectivity index (χ0v) is 29.8. The molecule has 2 heterocycles. The van der Waals surface area contributed by atoms with Gasteiger partial charge in [-0.1, -0.05) is 69.3 Å². The number of rotatable bonds is 8. The minimum atomic E-state index is -6.76. The zero-order valence-electron chi connectivity index (χ0n) is 27.4. The molecule has 0 saturated carbocycles. The number of hydrogen-bond donors (Lipinski definition) is 1. The minimum Gasteiger partial charge on any atom is -0.481 e. The summed E-state index contributed by atoms with van der Waals surface area (Å²) in [5.41, 5.74) is -8.77. The van der Waals surface area contributed by atoms with Crippen molar-refractivity contribution in [1.29, 1.82) is 0 Å². The second-order valence-electron chi connectivity index (χ2n) is 10.5. The summed E-state index contributed by atoms with van der Waals surface area (Å²) in [6.07, 6.45) is 6.12. The predicted molar refractivity (Wildman–Crippen MR) is 179 cm³/mol. The normalized spacial score (nSPS) is 11.9. The number of aliphatic carboxylic acids is 1. The number of carboxylic acids is 1. The van der Waals surface area contributed by atoms with Crippen molar-refractivity contribution >= 4 is 37.2 Å². The Hall–Kier alpha value is -4.40. The van der Waals surface area contributed by atoms with Crippen molar-refractivity contribution in [1.82, 2.24) is 14.5 Å². The van der Waals surface area contributed by atoms with Crippen LogP contribution in [0.2, 0.25) is 5.02 Å². The second-order valence-corrected chi connectivity index (χ2v) is 15.3. The van der Waals surface area contributed by atoms with Gasteiger partial charge in [-0.3, -0.25) is 9.78 Å². The fourth-order valence-electron chi connectivity index (χ4n) is 4.21. The molecule has 276 valence electrons. The van der Waals surface area contributed by atoms with Gasteiger partial charge in [-0.15, -0.1) is 0 Å². The number of sulfone groups is 2. The number of hydrogen-bond acceptors (Lipinski definition) is 7. The highest BCUT2D eigenvalue weighted by atomic mass is 35.5. The average molecular weight is 780 g/mol. The van der Waals surface area contributed by atoms with E-state index >= 15 is 0 Å². The number of halogens is 7. The topological polar surface area (TPSA) is 136 Å². The van der Waals surface area contributed by atoms with Gasteiger partial charge in [0, 0.05) is 36.3 Å². The summed E-state index contributed by atoms with van der Waals surface area (Å²) >= 11 is 5.32. The number of alkyl halides is 6. The van der Waals surface area contributed by atoms with Crippen LogP contribution in [-0.2, 0) is 37.4 Å². The van der Waals surface area contributed by atoms with Gasteiger partial charge in [0.15, 0.2) is 0 Å². The molecule has 0 aliphatic rings. The molecule has 0 atom stereocenters. The average Bonchev–Trinajstić information content (AvgIpc) is 3.55.